The Labute approximate surface area is 112 Å². The van der Waals surface area contributed by atoms with E-state index in [-0.39, 0.29) is 11.4 Å². The SMILES string of the molecule is O=[N+]([O-])c1ccc2c(c1)Nc1cc([N+](=O)[O-])ccc1N2. The van der Waals surface area contributed by atoms with Crippen LogP contribution < -0.4 is 10.6 Å². The van der Waals surface area contributed by atoms with Gasteiger partial charge in [-0.15, -0.1) is 0 Å². The molecule has 1 heterocycles. The van der Waals surface area contributed by atoms with E-state index in [0.29, 0.717) is 22.7 Å². The van der Waals surface area contributed by atoms with Crippen molar-refractivity contribution in [3.8, 4) is 0 Å². The molecule has 1 aliphatic rings. The molecule has 0 atom stereocenters. The third kappa shape index (κ3) is 1.88. The van der Waals surface area contributed by atoms with Gasteiger partial charge in [0.25, 0.3) is 11.4 Å². The zero-order valence-electron chi connectivity index (χ0n) is 9.99. The summed E-state index contributed by atoms with van der Waals surface area (Å²) >= 11 is 0. The van der Waals surface area contributed by atoms with Crippen LogP contribution >= 0.6 is 0 Å². The molecular weight excluding hydrogens is 264 g/mol. The number of nitrogens with one attached hydrogen (secondary N) is 2. The predicted octanol–water partition coefficient (Wildman–Crippen LogP) is 3.30. The minimum absolute atomic E-state index is 0.0491. The van der Waals surface area contributed by atoms with E-state index in [1.54, 1.807) is 12.1 Å². The first kappa shape index (κ1) is 11.9. The van der Waals surface area contributed by atoms with Gasteiger partial charge >= 0.3 is 0 Å². The number of nitro groups is 2. The minimum atomic E-state index is -0.495. The Hall–Kier alpha value is -3.16. The Bertz CT molecular complexity index is 683. The summed E-state index contributed by atoms with van der Waals surface area (Å²) in [4.78, 5) is 20.5. The normalized spacial score (nSPS) is 11.6. The van der Waals surface area contributed by atoms with E-state index in [2.05, 4.69) is 10.6 Å². The quantitative estimate of drug-likeness (QED) is 0.547. The van der Waals surface area contributed by atoms with E-state index in [1.165, 1.54) is 24.3 Å². The molecule has 2 aromatic carbocycles. The van der Waals surface area contributed by atoms with Crippen LogP contribution in [0.3, 0.4) is 0 Å². The predicted molar refractivity (Wildman–Crippen MR) is 72.8 cm³/mol. The van der Waals surface area contributed by atoms with Crippen molar-refractivity contribution in [3.63, 3.8) is 0 Å². The fourth-order valence-corrected chi connectivity index (χ4v) is 2.01. The summed E-state index contributed by atoms with van der Waals surface area (Å²) in [6.45, 7) is 0. The molecular formula is C12H8N4O4. The molecule has 0 spiro atoms. The van der Waals surface area contributed by atoms with Gasteiger partial charge in [-0.25, -0.2) is 0 Å². The van der Waals surface area contributed by atoms with E-state index in [0.717, 1.165) is 0 Å². The van der Waals surface area contributed by atoms with E-state index in [4.69, 9.17) is 0 Å². The smallest absolute Gasteiger partial charge is 0.271 e. The highest BCUT2D eigenvalue weighted by Gasteiger charge is 2.19. The maximum Gasteiger partial charge on any atom is 0.271 e. The van der Waals surface area contributed by atoms with Gasteiger partial charge in [-0.2, -0.15) is 0 Å². The summed E-state index contributed by atoms with van der Waals surface area (Å²) in [6, 6.07) is 8.72. The maximum atomic E-state index is 10.7. The molecule has 0 aromatic heterocycles. The van der Waals surface area contributed by atoms with Gasteiger partial charge in [-0.3, -0.25) is 20.2 Å². The van der Waals surface area contributed by atoms with Crippen LogP contribution in [0, 0.1) is 20.2 Å². The van der Waals surface area contributed by atoms with Crippen LogP contribution in [-0.2, 0) is 0 Å². The van der Waals surface area contributed by atoms with E-state index in [9.17, 15) is 20.2 Å². The Balaban J connectivity index is 2.03. The number of non-ortho nitro benzene ring substituents is 2. The van der Waals surface area contributed by atoms with Gasteiger partial charge in [0.15, 0.2) is 0 Å². The second-order valence-corrected chi connectivity index (χ2v) is 4.22. The molecule has 2 aromatic rings. The van der Waals surface area contributed by atoms with E-state index < -0.39 is 9.85 Å². The van der Waals surface area contributed by atoms with E-state index in [1.807, 2.05) is 0 Å². The zero-order valence-corrected chi connectivity index (χ0v) is 9.99. The minimum Gasteiger partial charge on any atom is -0.352 e. The standard InChI is InChI=1S/C12H8N4O4/c17-15(18)7-1-3-9-11(5-7)14-12-6-8(16(19)20)2-4-10(12)13-9/h1-6,13-14H. The highest BCUT2D eigenvalue weighted by molar-refractivity contribution is 5.91. The molecule has 0 fully saturated rings. The van der Waals surface area contributed by atoms with Crippen LogP contribution in [0.25, 0.3) is 0 Å². The van der Waals surface area contributed by atoms with Crippen LogP contribution in [0.4, 0.5) is 34.1 Å². The lowest BCUT2D eigenvalue weighted by atomic mass is 10.1. The Morgan fingerprint density at radius 1 is 0.700 bits per heavy atom. The van der Waals surface area contributed by atoms with Crippen LogP contribution in [0.2, 0.25) is 0 Å². The molecule has 0 saturated carbocycles. The summed E-state index contributed by atoms with van der Waals surface area (Å²) in [6.07, 6.45) is 0. The number of benzene rings is 2. The summed E-state index contributed by atoms with van der Waals surface area (Å²) < 4.78 is 0. The molecule has 100 valence electrons. The number of hydrogen-bond donors (Lipinski definition) is 2. The average Bonchev–Trinajstić information content (AvgIpc) is 2.43. The van der Waals surface area contributed by atoms with Crippen LogP contribution in [0.15, 0.2) is 36.4 Å². The van der Waals surface area contributed by atoms with Crippen LogP contribution in [-0.4, -0.2) is 9.85 Å². The molecule has 0 bridgehead atoms. The van der Waals surface area contributed by atoms with Gasteiger partial charge in [0, 0.05) is 24.3 Å². The fraction of sp³-hybridized carbons (Fsp3) is 0. The average molecular weight is 272 g/mol. The van der Waals surface area contributed by atoms with Crippen molar-refractivity contribution in [1.82, 2.24) is 0 Å². The fourth-order valence-electron chi connectivity index (χ4n) is 2.01. The molecule has 0 radical (unpaired) electrons. The van der Waals surface area contributed by atoms with Crippen molar-refractivity contribution < 1.29 is 9.85 Å². The molecule has 0 unspecified atom stereocenters. The third-order valence-corrected chi connectivity index (χ3v) is 2.97. The number of nitrogens with zero attached hydrogens (tertiary/aromatic N) is 2. The zero-order chi connectivity index (χ0) is 14.3. The first-order valence-electron chi connectivity index (χ1n) is 5.65. The van der Waals surface area contributed by atoms with Gasteiger partial charge in [-0.05, 0) is 12.1 Å². The van der Waals surface area contributed by atoms with E-state index >= 15 is 0 Å². The summed E-state index contributed by atoms with van der Waals surface area (Å²) in [7, 11) is 0. The van der Waals surface area contributed by atoms with Crippen molar-refractivity contribution in [1.29, 1.82) is 0 Å². The van der Waals surface area contributed by atoms with Gasteiger partial charge in [0.1, 0.15) is 0 Å². The topological polar surface area (TPSA) is 110 Å². The molecule has 8 nitrogen and oxygen atoms in total. The summed E-state index contributed by atoms with van der Waals surface area (Å²) in [5, 5.41) is 27.5. The van der Waals surface area contributed by atoms with Crippen LogP contribution in [0.1, 0.15) is 0 Å². The number of nitro benzene ring substituents is 2. The Morgan fingerprint density at radius 3 is 1.50 bits per heavy atom. The Kier molecular flexibility index (Phi) is 2.50. The van der Waals surface area contributed by atoms with Crippen LogP contribution in [0.5, 0.6) is 0 Å². The molecule has 0 amide bonds. The molecule has 20 heavy (non-hydrogen) atoms. The van der Waals surface area contributed by atoms with Gasteiger partial charge in [-0.1, -0.05) is 0 Å². The number of rotatable bonds is 2. The van der Waals surface area contributed by atoms with Crippen molar-refractivity contribution in [2.75, 3.05) is 10.6 Å². The highest BCUT2D eigenvalue weighted by Crippen LogP contribution is 2.41. The summed E-state index contributed by atoms with van der Waals surface area (Å²) in [5.74, 6) is 0. The lowest BCUT2D eigenvalue weighted by Gasteiger charge is -2.22. The van der Waals surface area contributed by atoms with Crippen molar-refractivity contribution >= 4 is 34.1 Å². The first-order valence-corrected chi connectivity index (χ1v) is 5.65. The third-order valence-electron chi connectivity index (χ3n) is 2.97. The monoisotopic (exact) mass is 272 g/mol. The van der Waals surface area contributed by atoms with Gasteiger partial charge in [0.05, 0.1) is 32.6 Å². The lowest BCUT2D eigenvalue weighted by Crippen LogP contribution is -2.07. The lowest BCUT2D eigenvalue weighted by molar-refractivity contribution is -0.384. The van der Waals surface area contributed by atoms with Gasteiger partial charge in [0.2, 0.25) is 0 Å². The molecule has 2 N–H and O–H groups in total. The molecule has 0 saturated heterocycles. The van der Waals surface area contributed by atoms with Crippen molar-refractivity contribution in [3.05, 3.63) is 56.6 Å². The second kappa shape index (κ2) is 4.19. The van der Waals surface area contributed by atoms with Crippen molar-refractivity contribution in [2.45, 2.75) is 0 Å². The Morgan fingerprint density at radius 2 is 1.10 bits per heavy atom. The molecule has 3 rings (SSSR count). The second-order valence-electron chi connectivity index (χ2n) is 4.22. The number of anilines is 4. The number of fused-ring (bicyclic) bond motifs is 2. The van der Waals surface area contributed by atoms with Crippen molar-refractivity contribution in [2.24, 2.45) is 0 Å². The largest absolute Gasteiger partial charge is 0.352 e. The maximum absolute atomic E-state index is 10.7. The first-order chi connectivity index (χ1) is 9.54. The molecule has 0 aliphatic carbocycles. The highest BCUT2D eigenvalue weighted by atomic mass is 16.6. The number of hydrogen-bond acceptors (Lipinski definition) is 6. The molecule has 8 heteroatoms. The molecule has 1 aliphatic heterocycles. The summed E-state index contributed by atoms with van der Waals surface area (Å²) in [5.41, 5.74) is 2.27. The van der Waals surface area contributed by atoms with Gasteiger partial charge < -0.3 is 10.6 Å².